The van der Waals surface area contributed by atoms with Crippen LogP contribution in [-0.2, 0) is 0 Å². The molecule has 0 spiro atoms. The molecule has 4 rings (SSSR count). The Bertz CT molecular complexity index is 1290. The summed E-state index contributed by atoms with van der Waals surface area (Å²) in [6.45, 7) is 0. The lowest BCUT2D eigenvalue weighted by molar-refractivity contribution is 0.230. The number of methoxy groups -OCH3 is 2. The van der Waals surface area contributed by atoms with E-state index in [1.54, 1.807) is 90.9 Å². The van der Waals surface area contributed by atoms with Gasteiger partial charge in [0.1, 0.15) is 34.5 Å². The first kappa shape index (κ1) is 31.2. The second kappa shape index (κ2) is 15.4. The van der Waals surface area contributed by atoms with Crippen molar-refractivity contribution < 1.29 is 28.5 Å². The fourth-order valence-electron chi connectivity index (χ4n) is 3.24. The number of carbonyl (C=O) groups excluding carboxylic acids is 2. The summed E-state index contributed by atoms with van der Waals surface area (Å²) in [4.78, 5) is 26.0. The minimum atomic E-state index is -0.168. The van der Waals surface area contributed by atoms with Crippen LogP contribution in [0.15, 0.2) is 97.1 Å². The highest BCUT2D eigenvalue weighted by atomic mass is 16.5. The minimum absolute atomic E-state index is 0.168. The van der Waals surface area contributed by atoms with Crippen molar-refractivity contribution in [1.29, 1.82) is 0 Å². The van der Waals surface area contributed by atoms with Gasteiger partial charge < -0.3 is 39.4 Å². The average molecular weight is 573 g/mol. The van der Waals surface area contributed by atoms with Crippen molar-refractivity contribution in [2.75, 3.05) is 53.0 Å². The molecule has 0 aliphatic rings. The summed E-state index contributed by atoms with van der Waals surface area (Å²) in [7, 11) is 10.0. The smallest absolute Gasteiger partial charge is 0.321 e. The van der Waals surface area contributed by atoms with Gasteiger partial charge in [-0.05, 0) is 97.1 Å². The van der Waals surface area contributed by atoms with Gasteiger partial charge in [-0.1, -0.05) is 0 Å². The molecule has 220 valence electrons. The minimum Gasteiger partial charge on any atom is -0.497 e. The summed E-state index contributed by atoms with van der Waals surface area (Å²) in [5, 5.41) is 5.52. The second-order valence-corrected chi connectivity index (χ2v) is 9.25. The van der Waals surface area contributed by atoms with E-state index in [1.165, 1.54) is 9.80 Å². The fraction of sp³-hybridized carbons (Fsp3) is 0.188. The van der Waals surface area contributed by atoms with Gasteiger partial charge >= 0.3 is 12.1 Å². The molecule has 0 atom stereocenters. The number of benzene rings is 4. The van der Waals surface area contributed by atoms with Gasteiger partial charge in [0.05, 0.1) is 14.2 Å². The first-order valence-corrected chi connectivity index (χ1v) is 13.0. The van der Waals surface area contributed by atoms with Crippen LogP contribution in [0.4, 0.5) is 21.0 Å². The summed E-state index contributed by atoms with van der Waals surface area (Å²) >= 11 is 0. The molecule has 0 saturated carbocycles. The average Bonchev–Trinajstić information content (AvgIpc) is 3.00. The van der Waals surface area contributed by atoms with Gasteiger partial charge in [-0.15, -0.1) is 0 Å². The molecule has 0 fully saturated rings. The lowest BCUT2D eigenvalue weighted by atomic mass is 10.3. The predicted octanol–water partition coefficient (Wildman–Crippen LogP) is 7.16. The van der Waals surface area contributed by atoms with Gasteiger partial charge in [0.2, 0.25) is 0 Å². The van der Waals surface area contributed by atoms with E-state index in [9.17, 15) is 9.59 Å². The first-order valence-electron chi connectivity index (χ1n) is 13.0. The van der Waals surface area contributed by atoms with Crippen molar-refractivity contribution in [3.63, 3.8) is 0 Å². The molecule has 4 amide bonds. The molecule has 0 unspecified atom stereocenters. The Balaban J connectivity index is 0.000000230. The largest absolute Gasteiger partial charge is 0.497 e. The van der Waals surface area contributed by atoms with Gasteiger partial charge in [-0.3, -0.25) is 0 Å². The van der Waals surface area contributed by atoms with Crippen LogP contribution >= 0.6 is 0 Å². The van der Waals surface area contributed by atoms with Crippen LogP contribution in [0.1, 0.15) is 0 Å². The van der Waals surface area contributed by atoms with E-state index in [4.69, 9.17) is 18.9 Å². The summed E-state index contributed by atoms with van der Waals surface area (Å²) < 4.78 is 21.6. The summed E-state index contributed by atoms with van der Waals surface area (Å²) in [5.74, 6) is 4.40. The van der Waals surface area contributed by atoms with Crippen molar-refractivity contribution in [3.8, 4) is 34.5 Å². The van der Waals surface area contributed by atoms with Crippen LogP contribution in [0.3, 0.4) is 0 Å². The summed E-state index contributed by atoms with van der Waals surface area (Å²) in [5.41, 5.74) is 1.44. The Morgan fingerprint density at radius 3 is 0.929 bits per heavy atom. The molecule has 0 aromatic heterocycles. The predicted molar refractivity (Wildman–Crippen MR) is 164 cm³/mol. The molecule has 42 heavy (non-hydrogen) atoms. The first-order chi connectivity index (χ1) is 20.2. The molecule has 2 N–H and O–H groups in total. The van der Waals surface area contributed by atoms with Crippen LogP contribution in [-0.4, -0.2) is 64.3 Å². The number of amides is 4. The summed E-state index contributed by atoms with van der Waals surface area (Å²) in [6, 6.07) is 28.7. The van der Waals surface area contributed by atoms with Crippen molar-refractivity contribution in [3.05, 3.63) is 97.1 Å². The molecule has 0 aliphatic heterocycles. The van der Waals surface area contributed by atoms with Crippen LogP contribution < -0.4 is 29.6 Å². The zero-order valence-electron chi connectivity index (χ0n) is 24.6. The zero-order chi connectivity index (χ0) is 30.5. The number of carbonyl (C=O) groups is 2. The van der Waals surface area contributed by atoms with Gasteiger partial charge in [0.15, 0.2) is 0 Å². The molecule has 0 aliphatic carbocycles. The van der Waals surface area contributed by atoms with Crippen LogP contribution in [0.2, 0.25) is 0 Å². The van der Waals surface area contributed by atoms with Gasteiger partial charge in [-0.2, -0.15) is 0 Å². The van der Waals surface area contributed by atoms with E-state index in [1.807, 2.05) is 48.5 Å². The fourth-order valence-corrected chi connectivity index (χ4v) is 3.24. The standard InChI is InChI=1S/2C16H18N2O3/c2*1-18(2)16(19)17-12-4-6-14(7-5-12)21-15-10-8-13(20-3)9-11-15/h2*4-11H,1-3H3,(H,17,19). The highest BCUT2D eigenvalue weighted by Crippen LogP contribution is 2.26. The second-order valence-electron chi connectivity index (χ2n) is 9.25. The lowest BCUT2D eigenvalue weighted by Gasteiger charge is -2.12. The Morgan fingerprint density at radius 1 is 0.452 bits per heavy atom. The van der Waals surface area contributed by atoms with Crippen molar-refractivity contribution in [2.24, 2.45) is 0 Å². The number of ether oxygens (including phenoxy) is 4. The maximum Gasteiger partial charge on any atom is 0.321 e. The number of hydrogen-bond acceptors (Lipinski definition) is 6. The Labute approximate surface area is 246 Å². The maximum absolute atomic E-state index is 11.5. The van der Waals surface area contributed by atoms with E-state index in [0.29, 0.717) is 11.5 Å². The third kappa shape index (κ3) is 9.98. The normalized spacial score (nSPS) is 9.86. The van der Waals surface area contributed by atoms with E-state index in [2.05, 4.69) is 10.6 Å². The highest BCUT2D eigenvalue weighted by Gasteiger charge is 2.06. The third-order valence-corrected chi connectivity index (χ3v) is 5.61. The molecular weight excluding hydrogens is 536 g/mol. The molecule has 0 saturated heterocycles. The SMILES string of the molecule is COc1ccc(Oc2ccc(NC(=O)N(C)C)cc2)cc1.COc1ccc(Oc2ccc(NC(=O)N(C)C)cc2)cc1. The Kier molecular flexibility index (Phi) is 11.4. The number of rotatable bonds is 8. The van der Waals surface area contributed by atoms with Crippen LogP contribution in [0, 0.1) is 0 Å². The van der Waals surface area contributed by atoms with Crippen LogP contribution in [0.5, 0.6) is 34.5 Å². The molecular formula is C32H36N4O6. The van der Waals surface area contributed by atoms with Gasteiger partial charge in [0, 0.05) is 39.6 Å². The quantitative estimate of drug-likeness (QED) is 0.232. The Morgan fingerprint density at radius 2 is 0.690 bits per heavy atom. The number of nitrogens with one attached hydrogen (secondary N) is 2. The molecule has 10 heteroatoms. The topological polar surface area (TPSA) is 102 Å². The van der Waals surface area contributed by atoms with E-state index in [0.717, 1.165) is 34.4 Å². The van der Waals surface area contributed by atoms with Gasteiger partial charge in [0.25, 0.3) is 0 Å². The molecule has 10 nitrogen and oxygen atoms in total. The van der Waals surface area contributed by atoms with E-state index < -0.39 is 0 Å². The third-order valence-electron chi connectivity index (χ3n) is 5.61. The van der Waals surface area contributed by atoms with Crippen molar-refractivity contribution in [2.45, 2.75) is 0 Å². The van der Waals surface area contributed by atoms with E-state index >= 15 is 0 Å². The maximum atomic E-state index is 11.5. The number of urea groups is 2. The number of anilines is 2. The lowest BCUT2D eigenvalue weighted by Crippen LogP contribution is -2.27. The molecule has 4 aromatic carbocycles. The molecule has 0 radical (unpaired) electrons. The van der Waals surface area contributed by atoms with Crippen molar-refractivity contribution in [1.82, 2.24) is 9.80 Å². The molecule has 0 heterocycles. The number of hydrogen-bond donors (Lipinski definition) is 2. The van der Waals surface area contributed by atoms with Crippen molar-refractivity contribution >= 4 is 23.4 Å². The highest BCUT2D eigenvalue weighted by molar-refractivity contribution is 5.89. The molecule has 4 aromatic rings. The van der Waals surface area contributed by atoms with Crippen LogP contribution in [0.25, 0.3) is 0 Å². The summed E-state index contributed by atoms with van der Waals surface area (Å²) in [6.07, 6.45) is 0. The molecule has 0 bridgehead atoms. The van der Waals surface area contributed by atoms with E-state index in [-0.39, 0.29) is 12.1 Å². The number of nitrogens with zero attached hydrogens (tertiary/aromatic N) is 2. The monoisotopic (exact) mass is 572 g/mol. The zero-order valence-corrected chi connectivity index (χ0v) is 24.6. The van der Waals surface area contributed by atoms with Gasteiger partial charge in [-0.25, -0.2) is 9.59 Å². The Hall–Kier alpha value is -5.38.